The van der Waals surface area contributed by atoms with E-state index in [1.807, 2.05) is 0 Å². The Bertz CT molecular complexity index is 676. The SMILES string of the molecule is O=C(O)N1CCc2nc(OS(=O)(=O)C(F)(F)F)ncc2C1. The van der Waals surface area contributed by atoms with Gasteiger partial charge in [0, 0.05) is 24.7 Å². The van der Waals surface area contributed by atoms with E-state index in [0.717, 1.165) is 11.1 Å². The van der Waals surface area contributed by atoms with Gasteiger partial charge in [-0.1, -0.05) is 0 Å². The highest BCUT2D eigenvalue weighted by Gasteiger charge is 2.49. The summed E-state index contributed by atoms with van der Waals surface area (Å²) < 4.78 is 61.9. The Labute approximate surface area is 116 Å². The Morgan fingerprint density at radius 3 is 2.67 bits per heavy atom. The monoisotopic (exact) mass is 327 g/mol. The molecule has 0 bridgehead atoms. The molecule has 2 heterocycles. The van der Waals surface area contributed by atoms with E-state index in [1.54, 1.807) is 0 Å². The predicted molar refractivity (Wildman–Crippen MR) is 59.8 cm³/mol. The molecular weight excluding hydrogens is 319 g/mol. The van der Waals surface area contributed by atoms with Crippen LogP contribution in [-0.2, 0) is 23.1 Å². The minimum absolute atomic E-state index is 0.0308. The molecular formula is C9H8F3N3O5S. The average Bonchev–Trinajstić information content (AvgIpc) is 2.36. The molecule has 12 heteroatoms. The number of carboxylic acid groups (broad SMARTS) is 1. The van der Waals surface area contributed by atoms with Crippen molar-refractivity contribution in [3.8, 4) is 6.01 Å². The van der Waals surface area contributed by atoms with Crippen molar-refractivity contribution in [2.45, 2.75) is 18.5 Å². The molecule has 0 saturated carbocycles. The number of carbonyl (C=O) groups is 1. The normalized spacial score (nSPS) is 15.5. The fourth-order valence-corrected chi connectivity index (χ4v) is 2.02. The summed E-state index contributed by atoms with van der Waals surface area (Å²) in [7, 11) is -5.83. The number of rotatable bonds is 2. The maximum atomic E-state index is 12.2. The van der Waals surface area contributed by atoms with E-state index in [2.05, 4.69) is 14.2 Å². The first-order valence-corrected chi connectivity index (χ1v) is 6.84. The van der Waals surface area contributed by atoms with E-state index in [0.29, 0.717) is 5.56 Å². The van der Waals surface area contributed by atoms with Gasteiger partial charge in [-0.05, 0) is 0 Å². The third-order valence-electron chi connectivity index (χ3n) is 2.65. The van der Waals surface area contributed by atoms with Crippen molar-refractivity contribution in [3.05, 3.63) is 17.5 Å². The summed E-state index contributed by atoms with van der Waals surface area (Å²) in [6, 6.07) is -0.949. The molecule has 8 nitrogen and oxygen atoms in total. The van der Waals surface area contributed by atoms with Crippen molar-refractivity contribution in [1.29, 1.82) is 0 Å². The fraction of sp³-hybridized carbons (Fsp3) is 0.444. The largest absolute Gasteiger partial charge is 0.534 e. The van der Waals surface area contributed by atoms with Crippen molar-refractivity contribution in [3.63, 3.8) is 0 Å². The second kappa shape index (κ2) is 5.02. The number of amides is 1. The van der Waals surface area contributed by atoms with Crippen molar-refractivity contribution < 1.29 is 35.7 Å². The molecule has 0 atom stereocenters. The van der Waals surface area contributed by atoms with Crippen molar-refractivity contribution in [2.75, 3.05) is 6.54 Å². The molecule has 1 aliphatic heterocycles. The second-order valence-corrected chi connectivity index (χ2v) is 5.60. The molecule has 0 unspecified atom stereocenters. The Balaban J connectivity index is 2.22. The molecule has 1 aromatic heterocycles. The zero-order valence-corrected chi connectivity index (χ0v) is 11.0. The van der Waals surface area contributed by atoms with Gasteiger partial charge in [0.05, 0.1) is 12.2 Å². The molecule has 0 saturated heterocycles. The molecule has 0 aliphatic carbocycles. The van der Waals surface area contributed by atoms with Gasteiger partial charge >= 0.3 is 27.7 Å². The van der Waals surface area contributed by atoms with Crippen molar-refractivity contribution in [2.24, 2.45) is 0 Å². The van der Waals surface area contributed by atoms with E-state index in [9.17, 15) is 26.4 Å². The first kappa shape index (κ1) is 15.3. The number of halogens is 3. The van der Waals surface area contributed by atoms with Crippen LogP contribution >= 0.6 is 0 Å². The van der Waals surface area contributed by atoms with E-state index >= 15 is 0 Å². The van der Waals surface area contributed by atoms with Crippen LogP contribution in [0.2, 0.25) is 0 Å². The average molecular weight is 327 g/mol. The molecule has 1 aliphatic rings. The first-order valence-electron chi connectivity index (χ1n) is 5.43. The first-order chi connectivity index (χ1) is 9.60. The van der Waals surface area contributed by atoms with Gasteiger partial charge in [0.25, 0.3) is 0 Å². The van der Waals surface area contributed by atoms with Gasteiger partial charge in [0.1, 0.15) is 0 Å². The Hall–Kier alpha value is -2.11. The Morgan fingerprint density at radius 1 is 1.43 bits per heavy atom. The molecule has 2 rings (SSSR count). The maximum absolute atomic E-state index is 12.2. The third kappa shape index (κ3) is 3.15. The van der Waals surface area contributed by atoms with Gasteiger partial charge in [-0.15, -0.1) is 0 Å². The standard InChI is InChI=1S/C9H8F3N3O5S/c10-9(11,12)21(18,19)20-7-13-3-5-4-15(8(16)17)2-1-6(5)14-7/h3H,1-2,4H2,(H,16,17). The molecule has 21 heavy (non-hydrogen) atoms. The van der Waals surface area contributed by atoms with Gasteiger partial charge in [0.2, 0.25) is 0 Å². The summed E-state index contributed by atoms with van der Waals surface area (Å²) in [6.07, 6.45) is 0.00578. The van der Waals surface area contributed by atoms with Crippen LogP contribution in [0.5, 0.6) is 6.01 Å². The predicted octanol–water partition coefficient (Wildman–Crippen LogP) is 0.741. The van der Waals surface area contributed by atoms with Crippen molar-refractivity contribution in [1.82, 2.24) is 14.9 Å². The second-order valence-electron chi connectivity index (χ2n) is 4.06. The number of hydrogen-bond acceptors (Lipinski definition) is 6. The Morgan fingerprint density at radius 2 is 2.10 bits per heavy atom. The highest BCUT2D eigenvalue weighted by atomic mass is 32.2. The number of nitrogens with zero attached hydrogens (tertiary/aromatic N) is 3. The lowest BCUT2D eigenvalue weighted by molar-refractivity contribution is -0.0503. The molecule has 116 valence electrons. The van der Waals surface area contributed by atoms with Crippen LogP contribution in [0, 0.1) is 0 Å². The van der Waals surface area contributed by atoms with Crippen LogP contribution < -0.4 is 4.18 Å². The number of hydrogen-bond donors (Lipinski definition) is 1. The summed E-state index contributed by atoms with van der Waals surface area (Å²) in [5, 5.41) is 8.82. The molecule has 0 radical (unpaired) electrons. The zero-order valence-electron chi connectivity index (χ0n) is 10.2. The molecule has 1 amide bonds. The van der Waals surface area contributed by atoms with Crippen LogP contribution in [0.4, 0.5) is 18.0 Å². The summed E-state index contributed by atoms with van der Waals surface area (Å²) in [5.41, 5.74) is -4.96. The van der Waals surface area contributed by atoms with Crippen LogP contribution in [0.25, 0.3) is 0 Å². The molecule has 0 fully saturated rings. The molecule has 0 spiro atoms. The third-order valence-corrected chi connectivity index (χ3v) is 3.59. The number of alkyl halides is 3. The summed E-state index contributed by atoms with van der Waals surface area (Å²) >= 11 is 0. The summed E-state index contributed by atoms with van der Waals surface area (Å²) in [6.45, 7) is 0.0573. The minimum Gasteiger partial charge on any atom is -0.465 e. The van der Waals surface area contributed by atoms with Gasteiger partial charge in [0.15, 0.2) is 0 Å². The highest BCUT2D eigenvalue weighted by molar-refractivity contribution is 7.87. The lowest BCUT2D eigenvalue weighted by Crippen LogP contribution is -2.35. The quantitative estimate of drug-likeness (QED) is 0.630. The van der Waals surface area contributed by atoms with E-state index < -0.39 is 27.7 Å². The van der Waals surface area contributed by atoms with E-state index in [1.165, 1.54) is 0 Å². The minimum atomic E-state index is -5.83. The van der Waals surface area contributed by atoms with E-state index in [-0.39, 0.29) is 25.2 Å². The Kier molecular flexibility index (Phi) is 3.65. The number of fused-ring (bicyclic) bond motifs is 1. The fourth-order valence-electron chi connectivity index (χ4n) is 1.65. The van der Waals surface area contributed by atoms with Crippen LogP contribution in [0.15, 0.2) is 6.20 Å². The molecule has 1 N–H and O–H groups in total. The van der Waals surface area contributed by atoms with E-state index in [4.69, 9.17) is 5.11 Å². The maximum Gasteiger partial charge on any atom is 0.534 e. The molecule has 1 aromatic rings. The van der Waals surface area contributed by atoms with Gasteiger partial charge < -0.3 is 14.2 Å². The topological polar surface area (TPSA) is 110 Å². The summed E-state index contributed by atoms with van der Waals surface area (Å²) in [4.78, 5) is 18.8. The number of aromatic nitrogens is 2. The summed E-state index contributed by atoms with van der Waals surface area (Å²) in [5.74, 6) is 0. The van der Waals surface area contributed by atoms with Gasteiger partial charge in [-0.2, -0.15) is 26.6 Å². The van der Waals surface area contributed by atoms with Crippen molar-refractivity contribution >= 4 is 16.2 Å². The van der Waals surface area contributed by atoms with Gasteiger partial charge in [-0.25, -0.2) is 9.78 Å². The van der Waals surface area contributed by atoms with Crippen LogP contribution in [0.3, 0.4) is 0 Å². The lowest BCUT2D eigenvalue weighted by atomic mass is 10.1. The van der Waals surface area contributed by atoms with Crippen LogP contribution in [-0.4, -0.2) is 46.5 Å². The lowest BCUT2D eigenvalue weighted by Gasteiger charge is -2.25. The van der Waals surface area contributed by atoms with Gasteiger partial charge in [-0.3, -0.25) is 0 Å². The molecule has 0 aromatic carbocycles. The highest BCUT2D eigenvalue weighted by Crippen LogP contribution is 2.26. The zero-order chi connectivity index (χ0) is 15.8. The van der Waals surface area contributed by atoms with Crippen LogP contribution in [0.1, 0.15) is 11.3 Å². The smallest absolute Gasteiger partial charge is 0.465 e.